The molecule has 0 aliphatic heterocycles. The molecule has 2 aromatic carbocycles. The van der Waals surface area contributed by atoms with E-state index in [0.717, 1.165) is 35.7 Å². The lowest BCUT2D eigenvalue weighted by molar-refractivity contribution is -0.139. The van der Waals surface area contributed by atoms with Crippen LogP contribution in [-0.4, -0.2) is 34.6 Å². The van der Waals surface area contributed by atoms with Crippen LogP contribution in [0.5, 0.6) is 0 Å². The van der Waals surface area contributed by atoms with Gasteiger partial charge in [0.1, 0.15) is 6.04 Å². The minimum Gasteiger partial charge on any atom is -0.352 e. The fourth-order valence-corrected chi connectivity index (χ4v) is 5.89. The number of halogens is 3. The van der Waals surface area contributed by atoms with Gasteiger partial charge in [-0.05, 0) is 49.1 Å². The van der Waals surface area contributed by atoms with E-state index in [1.807, 2.05) is 31.2 Å². The number of carbonyl (C=O) groups excluding carboxylic acids is 2. The lowest BCUT2D eigenvalue weighted by atomic mass is 9.95. The molecule has 1 fully saturated rings. The highest BCUT2D eigenvalue weighted by atomic mass is 79.9. The molecule has 0 bridgehead atoms. The van der Waals surface area contributed by atoms with Gasteiger partial charge in [-0.1, -0.05) is 83.5 Å². The number of carbonyl (C=O) groups is 2. The predicted molar refractivity (Wildman–Crippen MR) is 146 cm³/mol. The summed E-state index contributed by atoms with van der Waals surface area (Å²) in [6.45, 7) is 2.14. The average Bonchev–Trinajstić information content (AvgIpc) is 2.82. The quantitative estimate of drug-likeness (QED) is 0.319. The van der Waals surface area contributed by atoms with Crippen molar-refractivity contribution in [2.24, 2.45) is 0 Å². The molecular weight excluding hydrogens is 555 g/mol. The second-order valence-corrected chi connectivity index (χ2v) is 11.3. The summed E-state index contributed by atoms with van der Waals surface area (Å²) in [4.78, 5) is 28.4. The van der Waals surface area contributed by atoms with Crippen LogP contribution in [-0.2, 0) is 21.9 Å². The molecule has 0 unspecified atom stereocenters. The molecule has 2 aromatic rings. The first-order chi connectivity index (χ1) is 16.4. The van der Waals surface area contributed by atoms with E-state index in [1.165, 1.54) is 18.2 Å². The van der Waals surface area contributed by atoms with Gasteiger partial charge < -0.3 is 10.2 Å². The number of amides is 2. The number of rotatable bonds is 10. The minimum atomic E-state index is -0.574. The molecular formula is C26H31BrCl2N2O2S. The molecule has 1 aliphatic carbocycles. The summed E-state index contributed by atoms with van der Waals surface area (Å²) in [6, 6.07) is 13.0. The maximum Gasteiger partial charge on any atom is 0.243 e. The van der Waals surface area contributed by atoms with Crippen LogP contribution in [0.4, 0.5) is 0 Å². The highest BCUT2D eigenvalue weighted by molar-refractivity contribution is 9.10. The number of nitrogens with one attached hydrogen (secondary N) is 1. The van der Waals surface area contributed by atoms with Crippen molar-refractivity contribution in [3.8, 4) is 0 Å². The lowest BCUT2D eigenvalue weighted by Crippen LogP contribution is -2.52. The van der Waals surface area contributed by atoms with Crippen LogP contribution < -0.4 is 5.32 Å². The summed E-state index contributed by atoms with van der Waals surface area (Å²) in [5, 5.41) is 4.19. The first-order valence-electron chi connectivity index (χ1n) is 11.7. The zero-order valence-corrected chi connectivity index (χ0v) is 23.3. The van der Waals surface area contributed by atoms with Crippen LogP contribution in [0.2, 0.25) is 10.0 Å². The second kappa shape index (κ2) is 13.8. The Kier molecular flexibility index (Phi) is 11.1. The third-order valence-electron chi connectivity index (χ3n) is 6.14. The smallest absolute Gasteiger partial charge is 0.243 e. The minimum absolute atomic E-state index is 0.0937. The number of hydrogen-bond donors (Lipinski definition) is 1. The van der Waals surface area contributed by atoms with E-state index in [1.54, 1.807) is 23.1 Å². The summed E-state index contributed by atoms with van der Waals surface area (Å²) in [5.41, 5.74) is 1.81. The Hall–Kier alpha value is -1.21. The van der Waals surface area contributed by atoms with E-state index in [4.69, 9.17) is 23.2 Å². The van der Waals surface area contributed by atoms with Crippen molar-refractivity contribution in [2.45, 2.75) is 69.8 Å². The lowest BCUT2D eigenvalue weighted by Gasteiger charge is -2.33. The second-order valence-electron chi connectivity index (χ2n) is 8.61. The van der Waals surface area contributed by atoms with E-state index in [2.05, 4.69) is 21.2 Å². The summed E-state index contributed by atoms with van der Waals surface area (Å²) >= 11 is 17.8. The van der Waals surface area contributed by atoms with Gasteiger partial charge in [-0.25, -0.2) is 0 Å². The Balaban J connectivity index is 1.74. The molecule has 0 spiro atoms. The van der Waals surface area contributed by atoms with Gasteiger partial charge in [0.05, 0.1) is 5.75 Å². The van der Waals surface area contributed by atoms with Crippen molar-refractivity contribution in [3.63, 3.8) is 0 Å². The standard InChI is InChI=1S/C26H31BrCl2N2O2S/c1-2-24(26(33)30-20-7-4-3-5-8-20)31(15-21-22(28)9-6-10-23(21)29)25(32)17-34-16-18-11-13-19(27)14-12-18/h6,9-14,20,24H,2-5,7-8,15-17H2,1H3,(H,30,33)/t24-/m0/s1. The largest absolute Gasteiger partial charge is 0.352 e. The van der Waals surface area contributed by atoms with Crippen molar-refractivity contribution < 1.29 is 9.59 Å². The maximum absolute atomic E-state index is 13.4. The summed E-state index contributed by atoms with van der Waals surface area (Å²) < 4.78 is 1.02. The van der Waals surface area contributed by atoms with Crippen LogP contribution in [0.3, 0.4) is 0 Å². The zero-order chi connectivity index (χ0) is 24.5. The molecule has 4 nitrogen and oxygen atoms in total. The van der Waals surface area contributed by atoms with E-state index >= 15 is 0 Å². The Labute approximate surface area is 225 Å². The Bertz CT molecular complexity index is 948. The highest BCUT2D eigenvalue weighted by Gasteiger charge is 2.31. The Morgan fingerprint density at radius 3 is 2.35 bits per heavy atom. The average molecular weight is 586 g/mol. The molecule has 34 heavy (non-hydrogen) atoms. The van der Waals surface area contributed by atoms with Gasteiger partial charge in [0.15, 0.2) is 0 Å². The van der Waals surface area contributed by atoms with E-state index in [9.17, 15) is 9.59 Å². The Morgan fingerprint density at radius 1 is 1.09 bits per heavy atom. The van der Waals surface area contributed by atoms with Crippen LogP contribution in [0.15, 0.2) is 46.9 Å². The summed E-state index contributed by atoms with van der Waals surface area (Å²) in [6.07, 6.45) is 5.99. The van der Waals surface area contributed by atoms with Crippen molar-refractivity contribution in [1.82, 2.24) is 10.2 Å². The molecule has 3 rings (SSSR count). The molecule has 0 aromatic heterocycles. The SMILES string of the molecule is CC[C@@H](C(=O)NC1CCCCC1)N(Cc1c(Cl)cccc1Cl)C(=O)CSCc1ccc(Br)cc1. The van der Waals surface area contributed by atoms with Crippen molar-refractivity contribution in [1.29, 1.82) is 0 Å². The van der Waals surface area contributed by atoms with E-state index in [-0.39, 0.29) is 30.2 Å². The number of hydrogen-bond acceptors (Lipinski definition) is 3. The molecule has 184 valence electrons. The predicted octanol–water partition coefficient (Wildman–Crippen LogP) is 7.25. The third kappa shape index (κ3) is 7.91. The highest BCUT2D eigenvalue weighted by Crippen LogP contribution is 2.28. The third-order valence-corrected chi connectivity index (χ3v) is 8.36. The molecule has 0 saturated heterocycles. The van der Waals surface area contributed by atoms with Gasteiger partial charge in [-0.2, -0.15) is 0 Å². The van der Waals surface area contributed by atoms with Crippen LogP contribution >= 0.6 is 50.9 Å². The van der Waals surface area contributed by atoms with E-state index in [0.29, 0.717) is 27.8 Å². The molecule has 1 N–H and O–H groups in total. The fourth-order valence-electron chi connectivity index (χ4n) is 4.24. The first-order valence-corrected chi connectivity index (χ1v) is 14.4. The van der Waals surface area contributed by atoms with Gasteiger partial charge in [0.2, 0.25) is 11.8 Å². The molecule has 0 heterocycles. The zero-order valence-electron chi connectivity index (χ0n) is 19.4. The van der Waals surface area contributed by atoms with Crippen LogP contribution in [0.25, 0.3) is 0 Å². The van der Waals surface area contributed by atoms with Crippen molar-refractivity contribution >= 4 is 62.7 Å². The van der Waals surface area contributed by atoms with E-state index < -0.39 is 6.04 Å². The molecule has 1 atom stereocenters. The van der Waals surface area contributed by atoms with Crippen LogP contribution in [0, 0.1) is 0 Å². The van der Waals surface area contributed by atoms with Gasteiger partial charge >= 0.3 is 0 Å². The monoisotopic (exact) mass is 584 g/mol. The number of nitrogens with zero attached hydrogens (tertiary/aromatic N) is 1. The molecule has 8 heteroatoms. The number of benzene rings is 2. The molecule has 2 amide bonds. The summed E-state index contributed by atoms with van der Waals surface area (Å²) in [5.74, 6) is 0.795. The summed E-state index contributed by atoms with van der Waals surface area (Å²) in [7, 11) is 0. The normalized spacial score (nSPS) is 15.1. The van der Waals surface area contributed by atoms with Crippen LogP contribution in [0.1, 0.15) is 56.6 Å². The topological polar surface area (TPSA) is 49.4 Å². The number of thioether (sulfide) groups is 1. The van der Waals surface area contributed by atoms with Gasteiger partial charge in [-0.15, -0.1) is 11.8 Å². The van der Waals surface area contributed by atoms with Gasteiger partial charge in [0, 0.05) is 38.4 Å². The Morgan fingerprint density at radius 2 is 1.74 bits per heavy atom. The molecule has 0 radical (unpaired) electrons. The van der Waals surface area contributed by atoms with Crippen molar-refractivity contribution in [3.05, 3.63) is 68.1 Å². The fraction of sp³-hybridized carbons (Fsp3) is 0.462. The first kappa shape index (κ1) is 27.4. The molecule has 1 saturated carbocycles. The maximum atomic E-state index is 13.4. The van der Waals surface area contributed by atoms with Gasteiger partial charge in [0.25, 0.3) is 0 Å². The van der Waals surface area contributed by atoms with Gasteiger partial charge in [-0.3, -0.25) is 9.59 Å². The van der Waals surface area contributed by atoms with Crippen molar-refractivity contribution in [2.75, 3.05) is 5.75 Å². The molecule has 1 aliphatic rings.